The number of nitrogens with zero attached hydrogens (tertiary/aromatic N) is 1. The highest BCUT2D eigenvalue weighted by Gasteiger charge is 2.29. The summed E-state index contributed by atoms with van der Waals surface area (Å²) in [5.41, 5.74) is 3.18. The van der Waals surface area contributed by atoms with Crippen LogP contribution in [0.2, 0.25) is 0 Å². The average Bonchev–Trinajstić information content (AvgIpc) is 3.62. The second kappa shape index (κ2) is 12.1. The molecule has 0 unspecified atom stereocenters. The van der Waals surface area contributed by atoms with Gasteiger partial charge in [0.1, 0.15) is 17.8 Å². The lowest BCUT2D eigenvalue weighted by Crippen LogP contribution is -2.36. The number of pyridine rings is 1. The molecular weight excluding hydrogens is 510 g/mol. The van der Waals surface area contributed by atoms with Gasteiger partial charge < -0.3 is 20.1 Å². The molecule has 2 aromatic carbocycles. The van der Waals surface area contributed by atoms with E-state index >= 15 is 0 Å². The molecule has 3 aromatic rings. The molecule has 0 amide bonds. The first-order chi connectivity index (χ1) is 19.3. The third-order valence-electron chi connectivity index (χ3n) is 7.52. The van der Waals surface area contributed by atoms with Crippen molar-refractivity contribution >= 4 is 34.4 Å². The Balaban J connectivity index is 1.17. The van der Waals surface area contributed by atoms with Gasteiger partial charge in [0.2, 0.25) is 5.78 Å². The number of ether oxygens (including phenoxy) is 2. The number of Topliss-reactive ketones (excluding diaryl/α,β-unsaturated/α-hetero) is 2. The summed E-state index contributed by atoms with van der Waals surface area (Å²) < 4.78 is 10.4. The van der Waals surface area contributed by atoms with Crippen LogP contribution in [-0.2, 0) is 19.1 Å². The van der Waals surface area contributed by atoms with Crippen LogP contribution in [-0.4, -0.2) is 65.9 Å². The maximum Gasteiger partial charge on any atom is 0.323 e. The maximum atomic E-state index is 12.6. The Hall–Kier alpha value is -3.95. The molecule has 5 rings (SSSR count). The van der Waals surface area contributed by atoms with E-state index in [0.717, 1.165) is 35.8 Å². The van der Waals surface area contributed by atoms with Crippen molar-refractivity contribution in [3.63, 3.8) is 0 Å². The highest BCUT2D eigenvalue weighted by atomic mass is 16.5. The molecule has 0 aliphatic carbocycles. The molecule has 2 fully saturated rings. The summed E-state index contributed by atoms with van der Waals surface area (Å²) in [6.45, 7) is 3.39. The van der Waals surface area contributed by atoms with Gasteiger partial charge in [-0.1, -0.05) is 36.4 Å². The normalized spacial score (nSPS) is 22.2. The first-order valence-corrected chi connectivity index (χ1v) is 13.7. The minimum Gasteiger partial charge on any atom is -0.456 e. The highest BCUT2D eigenvalue weighted by Crippen LogP contribution is 2.25. The Morgan fingerprint density at radius 3 is 1.88 bits per heavy atom. The fourth-order valence-electron chi connectivity index (χ4n) is 5.17. The molecule has 0 saturated carbocycles. The number of ketones is 2. The Labute approximate surface area is 232 Å². The fraction of sp³-hybridized carbons (Fsp3) is 0.387. The van der Waals surface area contributed by atoms with Crippen molar-refractivity contribution in [1.29, 1.82) is 0 Å². The number of benzene rings is 2. The number of hydrogen-bond acceptors (Lipinski definition) is 9. The quantitative estimate of drug-likeness (QED) is 0.308. The van der Waals surface area contributed by atoms with Gasteiger partial charge in [0.05, 0.1) is 5.52 Å². The average molecular weight is 544 g/mol. The van der Waals surface area contributed by atoms with Crippen LogP contribution >= 0.6 is 0 Å². The molecular formula is C31H33N3O6. The van der Waals surface area contributed by atoms with Crippen molar-refractivity contribution in [3.05, 3.63) is 65.9 Å². The molecule has 9 heteroatoms. The van der Waals surface area contributed by atoms with E-state index in [9.17, 15) is 19.2 Å². The zero-order valence-corrected chi connectivity index (χ0v) is 22.6. The minimum atomic E-state index is -0.409. The van der Waals surface area contributed by atoms with E-state index in [1.165, 1.54) is 0 Å². The lowest BCUT2D eigenvalue weighted by Gasteiger charge is -2.11. The van der Waals surface area contributed by atoms with Gasteiger partial charge in [0.25, 0.3) is 0 Å². The molecule has 4 atom stereocenters. The van der Waals surface area contributed by atoms with Gasteiger partial charge >= 0.3 is 11.9 Å². The second-order valence-electron chi connectivity index (χ2n) is 10.6. The van der Waals surface area contributed by atoms with Crippen molar-refractivity contribution in [3.8, 4) is 11.1 Å². The van der Waals surface area contributed by atoms with Crippen LogP contribution in [0.5, 0.6) is 0 Å². The Bertz CT molecular complexity index is 1440. The van der Waals surface area contributed by atoms with Gasteiger partial charge in [0, 0.05) is 23.0 Å². The zero-order chi connectivity index (χ0) is 28.2. The predicted molar refractivity (Wildman–Crippen MR) is 149 cm³/mol. The third-order valence-corrected chi connectivity index (χ3v) is 7.52. The maximum absolute atomic E-state index is 12.6. The van der Waals surface area contributed by atoms with E-state index in [1.807, 2.05) is 50.2 Å². The van der Waals surface area contributed by atoms with Crippen molar-refractivity contribution < 1.29 is 28.7 Å². The SMILES string of the molecule is C[C@H]1CC[C@@H](C(=O)OCC(=O)c2ccc(-c3ccc4nc(C(=O)COC(=O)[C@@H]5CC[C@H](C)N5)ccc4c3)cc2)N1. The Morgan fingerprint density at radius 2 is 1.30 bits per heavy atom. The lowest BCUT2D eigenvalue weighted by atomic mass is 10.0. The zero-order valence-electron chi connectivity index (χ0n) is 22.6. The summed E-state index contributed by atoms with van der Waals surface area (Å²) in [7, 11) is 0. The molecule has 0 radical (unpaired) electrons. The van der Waals surface area contributed by atoms with Gasteiger partial charge in [0.15, 0.2) is 19.0 Å². The van der Waals surface area contributed by atoms with E-state index in [2.05, 4.69) is 15.6 Å². The first kappa shape index (κ1) is 27.6. The van der Waals surface area contributed by atoms with Crippen LogP contribution in [0.15, 0.2) is 54.6 Å². The molecule has 40 heavy (non-hydrogen) atoms. The lowest BCUT2D eigenvalue weighted by molar-refractivity contribution is -0.145. The van der Waals surface area contributed by atoms with Crippen LogP contribution in [0.25, 0.3) is 22.0 Å². The number of nitrogens with one attached hydrogen (secondary N) is 2. The van der Waals surface area contributed by atoms with Crippen LogP contribution in [0.4, 0.5) is 0 Å². The summed E-state index contributed by atoms with van der Waals surface area (Å²) in [5, 5.41) is 7.15. The summed E-state index contributed by atoms with van der Waals surface area (Å²) in [6, 6.07) is 16.1. The van der Waals surface area contributed by atoms with Crippen molar-refractivity contribution in [2.75, 3.05) is 13.2 Å². The van der Waals surface area contributed by atoms with E-state index < -0.39 is 5.97 Å². The van der Waals surface area contributed by atoms with Crippen molar-refractivity contribution in [2.45, 2.75) is 63.7 Å². The third kappa shape index (κ3) is 6.43. The monoisotopic (exact) mass is 543 g/mol. The second-order valence-corrected chi connectivity index (χ2v) is 10.6. The predicted octanol–water partition coefficient (Wildman–Crippen LogP) is 3.63. The Morgan fingerprint density at radius 1 is 0.725 bits per heavy atom. The number of fused-ring (bicyclic) bond motifs is 1. The minimum absolute atomic E-state index is 0.239. The highest BCUT2D eigenvalue weighted by molar-refractivity contribution is 6.00. The molecule has 2 N–H and O–H groups in total. The molecule has 9 nitrogen and oxygen atoms in total. The molecule has 0 bridgehead atoms. The number of carbonyl (C=O) groups excluding carboxylic acids is 4. The molecule has 3 heterocycles. The van der Waals surface area contributed by atoms with E-state index in [-0.39, 0.29) is 60.6 Å². The molecule has 0 spiro atoms. The fourth-order valence-corrected chi connectivity index (χ4v) is 5.17. The number of carbonyl (C=O) groups is 4. The van der Waals surface area contributed by atoms with Gasteiger partial charge in [-0.15, -0.1) is 0 Å². The number of hydrogen-bond donors (Lipinski definition) is 2. The molecule has 2 aliphatic rings. The van der Waals surface area contributed by atoms with E-state index in [1.54, 1.807) is 18.2 Å². The molecule has 1 aromatic heterocycles. The van der Waals surface area contributed by atoms with Crippen LogP contribution in [0, 0.1) is 0 Å². The summed E-state index contributed by atoms with van der Waals surface area (Å²) in [6.07, 6.45) is 3.24. The molecule has 2 saturated heterocycles. The van der Waals surface area contributed by atoms with Crippen LogP contribution in [0.3, 0.4) is 0 Å². The van der Waals surface area contributed by atoms with Gasteiger partial charge in [-0.25, -0.2) is 4.98 Å². The Kier molecular flexibility index (Phi) is 8.32. The largest absolute Gasteiger partial charge is 0.456 e. The molecule has 208 valence electrons. The molecule has 2 aliphatic heterocycles. The number of aromatic nitrogens is 1. The van der Waals surface area contributed by atoms with Crippen molar-refractivity contribution in [2.24, 2.45) is 0 Å². The van der Waals surface area contributed by atoms with Gasteiger partial charge in [-0.05, 0) is 68.9 Å². The van der Waals surface area contributed by atoms with Crippen LogP contribution in [0.1, 0.15) is 60.4 Å². The number of rotatable bonds is 9. The standard InChI is InChI=1S/C31H33N3O6/c1-18-3-11-26(32-18)30(37)39-16-28(35)21-7-5-20(6-8-21)22-9-13-24-23(15-22)10-14-25(34-24)29(36)17-40-31(38)27-12-4-19(2)33-27/h5-10,13-15,18-19,26-27,32-33H,3-4,11-12,16-17H2,1-2H3/t18-,19-,26-,27-/m0/s1. The van der Waals surface area contributed by atoms with Gasteiger partial charge in [-0.3, -0.25) is 19.2 Å². The summed E-state index contributed by atoms with van der Waals surface area (Å²) >= 11 is 0. The smallest absolute Gasteiger partial charge is 0.323 e. The topological polar surface area (TPSA) is 124 Å². The van der Waals surface area contributed by atoms with E-state index in [4.69, 9.17) is 9.47 Å². The van der Waals surface area contributed by atoms with Gasteiger partial charge in [-0.2, -0.15) is 0 Å². The summed E-state index contributed by atoms with van der Waals surface area (Å²) in [4.78, 5) is 53.9. The van der Waals surface area contributed by atoms with E-state index in [0.29, 0.717) is 17.5 Å². The first-order valence-electron chi connectivity index (χ1n) is 13.7. The number of esters is 2. The summed E-state index contributed by atoms with van der Waals surface area (Å²) in [5.74, 6) is -1.41. The van der Waals surface area contributed by atoms with Crippen LogP contribution < -0.4 is 10.6 Å². The van der Waals surface area contributed by atoms with Crippen molar-refractivity contribution in [1.82, 2.24) is 15.6 Å².